The predicted molar refractivity (Wildman–Crippen MR) is 76.9 cm³/mol. The quantitative estimate of drug-likeness (QED) is 0.781. The standard InChI is InChI=1S/C13H21N3O4S/c17-21(18,16-7-10-19-11-8-16)15-5-3-14(4-6-15)12-13-2-1-9-20-13/h1-2,9H,3-8,10-12H2. The lowest BCUT2D eigenvalue weighted by Gasteiger charge is -2.37. The molecule has 0 aliphatic carbocycles. The number of hydrogen-bond donors (Lipinski definition) is 0. The van der Waals surface area contributed by atoms with Crippen molar-refractivity contribution in [2.45, 2.75) is 6.54 Å². The summed E-state index contributed by atoms with van der Waals surface area (Å²) in [6, 6.07) is 3.81. The minimum atomic E-state index is -3.33. The second-order valence-electron chi connectivity index (χ2n) is 5.27. The molecule has 1 aromatic heterocycles. The molecule has 0 radical (unpaired) electrons. The average Bonchev–Trinajstić information content (AvgIpc) is 3.02. The van der Waals surface area contributed by atoms with Crippen molar-refractivity contribution in [2.24, 2.45) is 0 Å². The van der Waals surface area contributed by atoms with E-state index in [0.717, 1.165) is 25.4 Å². The second kappa shape index (κ2) is 6.45. The number of ether oxygens (including phenoxy) is 1. The van der Waals surface area contributed by atoms with Gasteiger partial charge < -0.3 is 9.15 Å². The predicted octanol–water partition coefficient (Wildman–Crippen LogP) is -0.0258. The summed E-state index contributed by atoms with van der Waals surface area (Å²) in [5, 5.41) is 0. The molecule has 0 unspecified atom stereocenters. The summed E-state index contributed by atoms with van der Waals surface area (Å²) in [7, 11) is -3.33. The summed E-state index contributed by atoms with van der Waals surface area (Å²) in [6.07, 6.45) is 1.66. The smallest absolute Gasteiger partial charge is 0.282 e. The monoisotopic (exact) mass is 315 g/mol. The van der Waals surface area contributed by atoms with Crippen LogP contribution in [0.2, 0.25) is 0 Å². The van der Waals surface area contributed by atoms with Crippen LogP contribution < -0.4 is 0 Å². The van der Waals surface area contributed by atoms with Crippen molar-refractivity contribution in [3.63, 3.8) is 0 Å². The number of nitrogens with zero attached hydrogens (tertiary/aromatic N) is 3. The largest absolute Gasteiger partial charge is 0.468 e. The SMILES string of the molecule is O=S(=O)(N1CCOCC1)N1CCN(Cc2ccco2)CC1. The van der Waals surface area contributed by atoms with E-state index in [4.69, 9.17) is 9.15 Å². The molecule has 2 aliphatic rings. The molecule has 118 valence electrons. The fourth-order valence-electron chi connectivity index (χ4n) is 2.68. The van der Waals surface area contributed by atoms with E-state index in [1.54, 1.807) is 10.6 Å². The van der Waals surface area contributed by atoms with E-state index in [2.05, 4.69) is 4.90 Å². The normalized spacial score (nSPS) is 23.4. The van der Waals surface area contributed by atoms with E-state index in [0.29, 0.717) is 39.4 Å². The van der Waals surface area contributed by atoms with Gasteiger partial charge in [-0.25, -0.2) is 0 Å². The molecule has 1 aromatic rings. The molecule has 0 atom stereocenters. The third-order valence-corrected chi connectivity index (χ3v) is 5.95. The Labute approximate surface area is 125 Å². The molecule has 21 heavy (non-hydrogen) atoms. The Balaban J connectivity index is 1.55. The summed E-state index contributed by atoms with van der Waals surface area (Å²) >= 11 is 0. The van der Waals surface area contributed by atoms with Gasteiger partial charge in [0.05, 0.1) is 26.0 Å². The minimum absolute atomic E-state index is 0.453. The van der Waals surface area contributed by atoms with E-state index in [9.17, 15) is 8.42 Å². The third-order valence-electron chi connectivity index (χ3n) is 3.91. The lowest BCUT2D eigenvalue weighted by Crippen LogP contribution is -2.54. The van der Waals surface area contributed by atoms with Crippen LogP contribution in [0, 0.1) is 0 Å². The number of hydrogen-bond acceptors (Lipinski definition) is 5. The van der Waals surface area contributed by atoms with Crippen LogP contribution in [0.25, 0.3) is 0 Å². The number of piperazine rings is 1. The van der Waals surface area contributed by atoms with Gasteiger partial charge in [-0.15, -0.1) is 0 Å². The first kappa shape index (κ1) is 15.0. The first-order valence-electron chi connectivity index (χ1n) is 7.24. The fourth-order valence-corrected chi connectivity index (χ4v) is 4.24. The van der Waals surface area contributed by atoms with Gasteiger partial charge in [0.25, 0.3) is 10.2 Å². The van der Waals surface area contributed by atoms with Gasteiger partial charge in [-0.05, 0) is 12.1 Å². The Hall–Kier alpha value is -0.930. The molecule has 8 heteroatoms. The maximum absolute atomic E-state index is 12.5. The zero-order chi connectivity index (χ0) is 14.7. The number of furan rings is 1. The van der Waals surface area contributed by atoms with Gasteiger partial charge in [-0.1, -0.05) is 0 Å². The zero-order valence-electron chi connectivity index (χ0n) is 12.0. The van der Waals surface area contributed by atoms with Crippen LogP contribution in [-0.4, -0.2) is 74.4 Å². The molecule has 0 amide bonds. The first-order valence-corrected chi connectivity index (χ1v) is 8.64. The lowest BCUT2D eigenvalue weighted by molar-refractivity contribution is 0.0682. The van der Waals surface area contributed by atoms with Crippen LogP contribution in [0.1, 0.15) is 5.76 Å². The van der Waals surface area contributed by atoms with Crippen LogP contribution in [0.3, 0.4) is 0 Å². The fraction of sp³-hybridized carbons (Fsp3) is 0.692. The Kier molecular flexibility index (Phi) is 4.60. The van der Waals surface area contributed by atoms with Gasteiger partial charge in [0, 0.05) is 39.3 Å². The molecule has 0 bridgehead atoms. The van der Waals surface area contributed by atoms with Crippen molar-refractivity contribution in [1.82, 2.24) is 13.5 Å². The highest BCUT2D eigenvalue weighted by atomic mass is 32.2. The van der Waals surface area contributed by atoms with E-state index in [-0.39, 0.29) is 0 Å². The van der Waals surface area contributed by atoms with Gasteiger partial charge in [0.1, 0.15) is 5.76 Å². The topological polar surface area (TPSA) is 66.2 Å². The summed E-state index contributed by atoms with van der Waals surface area (Å²) < 4.78 is 38.7. The summed E-state index contributed by atoms with van der Waals surface area (Å²) in [5.74, 6) is 0.916. The third kappa shape index (κ3) is 3.46. The highest BCUT2D eigenvalue weighted by Gasteiger charge is 2.33. The van der Waals surface area contributed by atoms with Crippen LogP contribution >= 0.6 is 0 Å². The maximum atomic E-state index is 12.5. The Morgan fingerprint density at radius 1 is 1.00 bits per heavy atom. The molecule has 0 spiro atoms. The number of rotatable bonds is 4. The van der Waals surface area contributed by atoms with E-state index in [1.165, 1.54) is 4.31 Å². The molecule has 2 saturated heterocycles. The molecule has 2 fully saturated rings. The van der Waals surface area contributed by atoms with Crippen molar-refractivity contribution in [2.75, 3.05) is 52.5 Å². The molecular formula is C13H21N3O4S. The lowest BCUT2D eigenvalue weighted by atomic mass is 10.3. The van der Waals surface area contributed by atoms with Gasteiger partial charge in [-0.3, -0.25) is 4.90 Å². The van der Waals surface area contributed by atoms with Gasteiger partial charge in [0.15, 0.2) is 0 Å². The van der Waals surface area contributed by atoms with Crippen LogP contribution in [0.4, 0.5) is 0 Å². The highest BCUT2D eigenvalue weighted by molar-refractivity contribution is 7.86. The molecular weight excluding hydrogens is 294 g/mol. The van der Waals surface area contributed by atoms with E-state index < -0.39 is 10.2 Å². The Bertz CT molecular complexity index is 532. The summed E-state index contributed by atoms with van der Waals surface area (Å²) in [6.45, 7) is 5.12. The van der Waals surface area contributed by atoms with E-state index in [1.807, 2.05) is 12.1 Å². The van der Waals surface area contributed by atoms with E-state index >= 15 is 0 Å². The molecule has 7 nitrogen and oxygen atoms in total. The van der Waals surface area contributed by atoms with Gasteiger partial charge in [0.2, 0.25) is 0 Å². The van der Waals surface area contributed by atoms with Crippen molar-refractivity contribution in [3.05, 3.63) is 24.2 Å². The van der Waals surface area contributed by atoms with Crippen molar-refractivity contribution >= 4 is 10.2 Å². The maximum Gasteiger partial charge on any atom is 0.282 e. The average molecular weight is 315 g/mol. The van der Waals surface area contributed by atoms with Gasteiger partial charge >= 0.3 is 0 Å². The zero-order valence-corrected chi connectivity index (χ0v) is 12.8. The van der Waals surface area contributed by atoms with Crippen LogP contribution in [-0.2, 0) is 21.5 Å². The second-order valence-corrected chi connectivity index (χ2v) is 7.20. The Morgan fingerprint density at radius 2 is 1.67 bits per heavy atom. The van der Waals surface area contributed by atoms with Gasteiger partial charge in [-0.2, -0.15) is 17.0 Å². The van der Waals surface area contributed by atoms with Crippen molar-refractivity contribution in [1.29, 1.82) is 0 Å². The van der Waals surface area contributed by atoms with Crippen LogP contribution in [0.15, 0.2) is 22.8 Å². The molecule has 0 N–H and O–H groups in total. The first-order chi connectivity index (χ1) is 10.2. The van der Waals surface area contributed by atoms with Crippen molar-refractivity contribution in [3.8, 4) is 0 Å². The molecule has 0 aromatic carbocycles. The van der Waals surface area contributed by atoms with Crippen LogP contribution in [0.5, 0.6) is 0 Å². The molecule has 0 saturated carbocycles. The molecule has 3 rings (SSSR count). The minimum Gasteiger partial charge on any atom is -0.468 e. The summed E-state index contributed by atoms with van der Waals surface area (Å²) in [5.41, 5.74) is 0. The molecule has 2 aliphatic heterocycles. The summed E-state index contributed by atoms with van der Waals surface area (Å²) in [4.78, 5) is 2.21. The molecule has 3 heterocycles. The van der Waals surface area contributed by atoms with Crippen molar-refractivity contribution < 1.29 is 17.6 Å². The Morgan fingerprint density at radius 3 is 2.29 bits per heavy atom. The number of morpholine rings is 1. The highest BCUT2D eigenvalue weighted by Crippen LogP contribution is 2.15.